The second-order valence-electron chi connectivity index (χ2n) is 6.15. The lowest BCUT2D eigenvalue weighted by Gasteiger charge is -2.12. The molecule has 0 radical (unpaired) electrons. The molecule has 29 heavy (non-hydrogen) atoms. The zero-order valence-corrected chi connectivity index (χ0v) is 16.4. The molecule has 144 valence electrons. The zero-order chi connectivity index (χ0) is 20.5. The van der Waals surface area contributed by atoms with E-state index in [2.05, 4.69) is 0 Å². The second kappa shape index (κ2) is 7.62. The van der Waals surface area contributed by atoms with Crippen molar-refractivity contribution >= 4 is 52.2 Å². The highest BCUT2D eigenvalue weighted by Gasteiger charge is 2.36. The number of halogens is 1. The number of rotatable bonds is 4. The summed E-state index contributed by atoms with van der Waals surface area (Å²) in [5.41, 5.74) is 2.07. The van der Waals surface area contributed by atoms with Gasteiger partial charge in [0.2, 0.25) is 0 Å². The van der Waals surface area contributed by atoms with Crippen LogP contribution >= 0.6 is 23.4 Å². The average molecular weight is 425 g/mol. The summed E-state index contributed by atoms with van der Waals surface area (Å²) in [6.07, 6.45) is 3.44. The average Bonchev–Trinajstić information content (AvgIpc) is 3.27. The van der Waals surface area contributed by atoms with Gasteiger partial charge in [-0.1, -0.05) is 11.6 Å². The molecule has 2 amide bonds. The lowest BCUT2D eigenvalue weighted by molar-refractivity contribution is -0.113. The minimum absolute atomic E-state index is 0.187. The number of aromatic nitrogens is 1. The van der Waals surface area contributed by atoms with Crippen LogP contribution in [0.4, 0.5) is 10.5 Å². The van der Waals surface area contributed by atoms with Crippen molar-refractivity contribution in [2.45, 2.75) is 0 Å². The van der Waals surface area contributed by atoms with Crippen LogP contribution in [-0.2, 0) is 4.79 Å². The molecule has 6 nitrogen and oxygen atoms in total. The number of thioether (sulfide) groups is 1. The predicted molar refractivity (Wildman–Crippen MR) is 113 cm³/mol. The van der Waals surface area contributed by atoms with Crippen molar-refractivity contribution in [1.82, 2.24) is 4.57 Å². The number of imide groups is 1. The summed E-state index contributed by atoms with van der Waals surface area (Å²) in [5.74, 6) is -1.41. The van der Waals surface area contributed by atoms with Gasteiger partial charge < -0.3 is 9.67 Å². The number of nitrogens with zero attached hydrogens (tertiary/aromatic N) is 2. The number of amides is 2. The molecule has 1 N–H and O–H groups in total. The van der Waals surface area contributed by atoms with Crippen LogP contribution in [0.5, 0.6) is 0 Å². The fraction of sp³-hybridized carbons (Fsp3) is 0. The van der Waals surface area contributed by atoms with Crippen LogP contribution in [0.1, 0.15) is 16.1 Å². The number of carboxylic acid groups (broad SMARTS) is 1. The molecular weight excluding hydrogens is 412 g/mol. The fourth-order valence-electron chi connectivity index (χ4n) is 2.93. The van der Waals surface area contributed by atoms with Crippen molar-refractivity contribution in [3.8, 4) is 5.69 Å². The van der Waals surface area contributed by atoms with Crippen molar-refractivity contribution in [1.29, 1.82) is 0 Å². The van der Waals surface area contributed by atoms with Gasteiger partial charge in [0.25, 0.3) is 11.1 Å². The largest absolute Gasteiger partial charge is 0.478 e. The monoisotopic (exact) mass is 424 g/mol. The lowest BCUT2D eigenvalue weighted by Crippen LogP contribution is -2.27. The Morgan fingerprint density at radius 2 is 1.62 bits per heavy atom. The summed E-state index contributed by atoms with van der Waals surface area (Å²) in [4.78, 5) is 37.6. The molecule has 1 aromatic heterocycles. The molecule has 0 aliphatic carbocycles. The van der Waals surface area contributed by atoms with Crippen molar-refractivity contribution in [2.24, 2.45) is 0 Å². The Morgan fingerprint density at radius 1 is 0.966 bits per heavy atom. The number of carbonyl (C=O) groups is 3. The first kappa shape index (κ1) is 19.0. The summed E-state index contributed by atoms with van der Waals surface area (Å²) in [6.45, 7) is 0. The molecule has 2 heterocycles. The Bertz CT molecular complexity index is 1150. The van der Waals surface area contributed by atoms with E-state index in [1.54, 1.807) is 60.8 Å². The molecule has 1 aliphatic heterocycles. The Morgan fingerprint density at radius 3 is 2.28 bits per heavy atom. The number of carbonyl (C=O) groups excluding carboxylic acids is 2. The van der Waals surface area contributed by atoms with E-state index in [4.69, 9.17) is 16.7 Å². The number of aromatic carboxylic acids is 1. The van der Waals surface area contributed by atoms with Gasteiger partial charge in [-0.05, 0) is 78.5 Å². The zero-order valence-electron chi connectivity index (χ0n) is 14.8. The van der Waals surface area contributed by atoms with E-state index in [1.807, 2.05) is 4.57 Å². The van der Waals surface area contributed by atoms with Crippen LogP contribution in [0, 0.1) is 0 Å². The van der Waals surface area contributed by atoms with Gasteiger partial charge in [-0.15, -0.1) is 0 Å². The maximum absolute atomic E-state index is 12.8. The van der Waals surface area contributed by atoms with E-state index in [0.29, 0.717) is 21.3 Å². The molecule has 2 aromatic carbocycles. The van der Waals surface area contributed by atoms with Crippen LogP contribution in [0.25, 0.3) is 11.8 Å². The molecule has 0 unspecified atom stereocenters. The van der Waals surface area contributed by atoms with Gasteiger partial charge in [-0.25, -0.2) is 9.69 Å². The first-order valence-corrected chi connectivity index (χ1v) is 9.68. The summed E-state index contributed by atoms with van der Waals surface area (Å²) < 4.78 is 1.81. The molecule has 4 rings (SSSR count). The van der Waals surface area contributed by atoms with E-state index in [1.165, 1.54) is 12.1 Å². The maximum atomic E-state index is 12.8. The van der Waals surface area contributed by atoms with Crippen LogP contribution < -0.4 is 4.90 Å². The van der Waals surface area contributed by atoms with E-state index in [-0.39, 0.29) is 10.8 Å². The molecule has 0 saturated carbocycles. The molecule has 1 saturated heterocycles. The van der Waals surface area contributed by atoms with Gasteiger partial charge >= 0.3 is 5.97 Å². The van der Waals surface area contributed by atoms with E-state index in [9.17, 15) is 14.4 Å². The van der Waals surface area contributed by atoms with Crippen molar-refractivity contribution in [3.63, 3.8) is 0 Å². The predicted octanol–water partition coefficient (Wildman–Crippen LogP) is 5.07. The SMILES string of the molecule is O=C(O)c1ccc(-n2cccc2/C=C2/SC(=O)N(c3ccc(Cl)cc3)C2=O)cc1. The lowest BCUT2D eigenvalue weighted by atomic mass is 10.2. The van der Waals surface area contributed by atoms with Crippen LogP contribution in [0.3, 0.4) is 0 Å². The molecule has 3 aromatic rings. The van der Waals surface area contributed by atoms with Crippen LogP contribution in [-0.4, -0.2) is 26.8 Å². The van der Waals surface area contributed by atoms with Gasteiger partial charge in [-0.3, -0.25) is 9.59 Å². The quantitative estimate of drug-likeness (QED) is 0.591. The van der Waals surface area contributed by atoms with E-state index < -0.39 is 11.9 Å². The van der Waals surface area contributed by atoms with E-state index in [0.717, 1.165) is 22.3 Å². The van der Waals surface area contributed by atoms with E-state index >= 15 is 0 Å². The van der Waals surface area contributed by atoms with Crippen LogP contribution in [0.2, 0.25) is 5.02 Å². The van der Waals surface area contributed by atoms with Gasteiger partial charge in [0.1, 0.15) is 0 Å². The molecular formula is C21H13ClN2O4S. The highest BCUT2D eigenvalue weighted by atomic mass is 35.5. The number of hydrogen-bond acceptors (Lipinski definition) is 4. The summed E-state index contributed by atoms with van der Waals surface area (Å²) >= 11 is 6.74. The summed E-state index contributed by atoms with van der Waals surface area (Å²) in [6, 6.07) is 16.5. The highest BCUT2D eigenvalue weighted by molar-refractivity contribution is 8.19. The van der Waals surface area contributed by atoms with Crippen molar-refractivity contribution < 1.29 is 19.5 Å². The summed E-state index contributed by atoms with van der Waals surface area (Å²) in [5, 5.41) is 9.17. The Labute approximate surface area is 175 Å². The molecule has 0 atom stereocenters. The minimum atomic E-state index is -1.000. The van der Waals surface area contributed by atoms with Crippen molar-refractivity contribution in [3.05, 3.63) is 88.0 Å². The topological polar surface area (TPSA) is 79.6 Å². The second-order valence-corrected chi connectivity index (χ2v) is 7.58. The molecule has 1 aliphatic rings. The Kier molecular flexibility index (Phi) is 5.00. The minimum Gasteiger partial charge on any atom is -0.478 e. The van der Waals surface area contributed by atoms with Crippen molar-refractivity contribution in [2.75, 3.05) is 4.90 Å². The van der Waals surface area contributed by atoms with Gasteiger partial charge in [0.15, 0.2) is 0 Å². The third-order valence-electron chi connectivity index (χ3n) is 4.33. The Balaban J connectivity index is 1.65. The van der Waals surface area contributed by atoms with Crippen LogP contribution in [0.15, 0.2) is 71.8 Å². The van der Waals surface area contributed by atoms with Gasteiger partial charge in [-0.2, -0.15) is 0 Å². The van der Waals surface area contributed by atoms with Gasteiger partial charge in [0, 0.05) is 22.6 Å². The summed E-state index contributed by atoms with van der Waals surface area (Å²) in [7, 11) is 0. The fourth-order valence-corrected chi connectivity index (χ4v) is 3.88. The first-order valence-electron chi connectivity index (χ1n) is 8.48. The molecule has 0 spiro atoms. The van der Waals surface area contributed by atoms with Gasteiger partial charge in [0.05, 0.1) is 16.2 Å². The number of anilines is 1. The number of carboxylic acids is 1. The smallest absolute Gasteiger partial charge is 0.335 e. The highest BCUT2D eigenvalue weighted by Crippen LogP contribution is 2.36. The molecule has 0 bridgehead atoms. The normalized spacial score (nSPS) is 15.3. The standard InChI is InChI=1S/C21H13ClN2O4S/c22-14-5-9-16(10-6-14)24-19(25)18(29-21(24)28)12-17-2-1-11-23(17)15-7-3-13(4-8-15)20(26)27/h1-12H,(H,26,27)/b18-12+. The third-order valence-corrected chi connectivity index (χ3v) is 5.45. The number of benzene rings is 2. The maximum Gasteiger partial charge on any atom is 0.335 e. The molecule has 8 heteroatoms. The Hall–Kier alpha value is -3.29. The molecule has 1 fully saturated rings. The first-order chi connectivity index (χ1) is 13.9. The number of hydrogen-bond donors (Lipinski definition) is 1. The third kappa shape index (κ3) is 3.70.